The number of aryl methyl sites for hydroxylation is 2. The lowest BCUT2D eigenvalue weighted by molar-refractivity contribution is 0.714. The SMILES string of the molecule is CCc1ccc(C(N)C(C)Sc2cccc(C)c2)cc1. The predicted molar refractivity (Wildman–Crippen MR) is 89.2 cm³/mol. The Morgan fingerprint density at radius 2 is 1.80 bits per heavy atom. The highest BCUT2D eigenvalue weighted by Crippen LogP contribution is 2.31. The van der Waals surface area contributed by atoms with Crippen molar-refractivity contribution < 1.29 is 0 Å². The molecule has 0 radical (unpaired) electrons. The molecule has 0 aliphatic carbocycles. The number of hydrogen-bond acceptors (Lipinski definition) is 2. The number of benzene rings is 2. The smallest absolute Gasteiger partial charge is 0.0416 e. The molecule has 0 saturated carbocycles. The lowest BCUT2D eigenvalue weighted by atomic mass is 10.0. The van der Waals surface area contributed by atoms with Gasteiger partial charge in [0, 0.05) is 16.2 Å². The number of hydrogen-bond donors (Lipinski definition) is 1. The molecule has 2 heteroatoms. The lowest BCUT2D eigenvalue weighted by Gasteiger charge is -2.20. The molecule has 2 aromatic rings. The molecule has 0 saturated heterocycles. The van der Waals surface area contributed by atoms with Crippen LogP contribution in [0.15, 0.2) is 53.4 Å². The van der Waals surface area contributed by atoms with Gasteiger partial charge in [-0.05, 0) is 36.6 Å². The van der Waals surface area contributed by atoms with Crippen LogP contribution in [0.5, 0.6) is 0 Å². The molecule has 2 unspecified atom stereocenters. The van der Waals surface area contributed by atoms with Crippen LogP contribution in [-0.4, -0.2) is 5.25 Å². The molecular weight excluding hydrogens is 262 g/mol. The van der Waals surface area contributed by atoms with Gasteiger partial charge in [0.15, 0.2) is 0 Å². The summed E-state index contributed by atoms with van der Waals surface area (Å²) >= 11 is 1.85. The van der Waals surface area contributed by atoms with Crippen molar-refractivity contribution in [3.8, 4) is 0 Å². The Kier molecular flexibility index (Phi) is 5.27. The van der Waals surface area contributed by atoms with E-state index in [1.807, 2.05) is 11.8 Å². The summed E-state index contributed by atoms with van der Waals surface area (Å²) < 4.78 is 0. The van der Waals surface area contributed by atoms with Crippen molar-refractivity contribution in [1.82, 2.24) is 0 Å². The topological polar surface area (TPSA) is 26.0 Å². The van der Waals surface area contributed by atoms with Gasteiger partial charge in [-0.15, -0.1) is 11.8 Å². The van der Waals surface area contributed by atoms with Gasteiger partial charge < -0.3 is 5.73 Å². The van der Waals surface area contributed by atoms with Gasteiger partial charge in [-0.1, -0.05) is 55.8 Å². The Morgan fingerprint density at radius 3 is 2.40 bits per heavy atom. The quantitative estimate of drug-likeness (QED) is 0.803. The first kappa shape index (κ1) is 15.1. The normalized spacial score (nSPS) is 14.0. The second kappa shape index (κ2) is 6.96. The zero-order chi connectivity index (χ0) is 14.5. The van der Waals surface area contributed by atoms with Crippen molar-refractivity contribution in [2.75, 3.05) is 0 Å². The van der Waals surface area contributed by atoms with E-state index in [2.05, 4.69) is 69.3 Å². The van der Waals surface area contributed by atoms with E-state index in [0.29, 0.717) is 5.25 Å². The zero-order valence-corrected chi connectivity index (χ0v) is 13.3. The van der Waals surface area contributed by atoms with Crippen LogP contribution in [-0.2, 0) is 6.42 Å². The summed E-state index contributed by atoms with van der Waals surface area (Å²) in [6.07, 6.45) is 1.07. The summed E-state index contributed by atoms with van der Waals surface area (Å²) in [6, 6.07) is 17.3. The minimum Gasteiger partial charge on any atom is -0.323 e. The van der Waals surface area contributed by atoms with Gasteiger partial charge in [-0.2, -0.15) is 0 Å². The minimum atomic E-state index is 0.0615. The second-order valence-corrected chi connectivity index (χ2v) is 6.71. The van der Waals surface area contributed by atoms with Crippen LogP contribution in [0.4, 0.5) is 0 Å². The van der Waals surface area contributed by atoms with Crippen LogP contribution in [0, 0.1) is 6.92 Å². The van der Waals surface area contributed by atoms with Crippen molar-refractivity contribution in [2.24, 2.45) is 5.73 Å². The first-order valence-electron chi connectivity index (χ1n) is 7.18. The predicted octanol–water partition coefficient (Wildman–Crippen LogP) is 4.74. The summed E-state index contributed by atoms with van der Waals surface area (Å²) in [6.45, 7) is 6.49. The van der Waals surface area contributed by atoms with Crippen LogP contribution in [0.1, 0.15) is 36.6 Å². The largest absolute Gasteiger partial charge is 0.323 e. The number of rotatable bonds is 5. The number of thioether (sulfide) groups is 1. The van der Waals surface area contributed by atoms with Gasteiger partial charge in [-0.25, -0.2) is 0 Å². The fourth-order valence-corrected chi connectivity index (χ4v) is 3.37. The van der Waals surface area contributed by atoms with Crippen molar-refractivity contribution >= 4 is 11.8 Å². The third kappa shape index (κ3) is 3.87. The number of nitrogens with two attached hydrogens (primary N) is 1. The third-order valence-electron chi connectivity index (χ3n) is 3.59. The van der Waals surface area contributed by atoms with Crippen LogP contribution >= 0.6 is 11.8 Å². The molecule has 0 aromatic heterocycles. The van der Waals surface area contributed by atoms with Crippen molar-refractivity contribution in [3.05, 3.63) is 65.2 Å². The first-order valence-corrected chi connectivity index (χ1v) is 8.06. The summed E-state index contributed by atoms with van der Waals surface area (Å²) in [5.74, 6) is 0. The van der Waals surface area contributed by atoms with Crippen LogP contribution in [0.3, 0.4) is 0 Å². The molecule has 1 nitrogen and oxygen atoms in total. The van der Waals surface area contributed by atoms with E-state index in [1.54, 1.807) is 0 Å². The van der Waals surface area contributed by atoms with Gasteiger partial charge in [0.05, 0.1) is 0 Å². The van der Waals surface area contributed by atoms with Gasteiger partial charge in [0.2, 0.25) is 0 Å². The van der Waals surface area contributed by atoms with Crippen molar-refractivity contribution in [2.45, 2.75) is 43.4 Å². The minimum absolute atomic E-state index is 0.0615. The van der Waals surface area contributed by atoms with E-state index < -0.39 is 0 Å². The monoisotopic (exact) mass is 285 g/mol. The van der Waals surface area contributed by atoms with Crippen molar-refractivity contribution in [1.29, 1.82) is 0 Å². The maximum absolute atomic E-state index is 6.40. The molecule has 2 rings (SSSR count). The second-order valence-electron chi connectivity index (χ2n) is 5.26. The van der Waals surface area contributed by atoms with E-state index >= 15 is 0 Å². The Morgan fingerprint density at radius 1 is 1.10 bits per heavy atom. The molecule has 20 heavy (non-hydrogen) atoms. The molecular formula is C18H23NS. The highest BCUT2D eigenvalue weighted by Gasteiger charge is 2.16. The van der Waals surface area contributed by atoms with Gasteiger partial charge in [0.1, 0.15) is 0 Å². The zero-order valence-electron chi connectivity index (χ0n) is 12.5. The fourth-order valence-electron chi connectivity index (χ4n) is 2.22. The summed E-state index contributed by atoms with van der Waals surface area (Å²) in [5, 5.41) is 0.351. The van der Waals surface area contributed by atoms with Gasteiger partial charge >= 0.3 is 0 Å². The highest BCUT2D eigenvalue weighted by atomic mass is 32.2. The average Bonchev–Trinajstić information content (AvgIpc) is 2.46. The van der Waals surface area contributed by atoms with E-state index in [-0.39, 0.29) is 6.04 Å². The van der Waals surface area contributed by atoms with E-state index in [4.69, 9.17) is 5.73 Å². The maximum Gasteiger partial charge on any atom is 0.0416 e. The Hall–Kier alpha value is -1.25. The van der Waals surface area contributed by atoms with Crippen LogP contribution in [0.25, 0.3) is 0 Å². The standard InChI is InChI=1S/C18H23NS/c1-4-15-8-10-16(11-9-15)18(19)14(3)20-17-7-5-6-13(2)12-17/h5-12,14,18H,4,19H2,1-3H3. The summed E-state index contributed by atoms with van der Waals surface area (Å²) in [4.78, 5) is 1.29. The Labute approximate surface area is 126 Å². The first-order chi connectivity index (χ1) is 9.60. The molecule has 2 N–H and O–H groups in total. The third-order valence-corrected chi connectivity index (χ3v) is 4.78. The molecule has 0 fully saturated rings. The van der Waals surface area contributed by atoms with E-state index in [0.717, 1.165) is 6.42 Å². The molecule has 2 aromatic carbocycles. The van der Waals surface area contributed by atoms with Crippen LogP contribution in [0.2, 0.25) is 0 Å². The molecule has 0 aliphatic rings. The molecule has 0 heterocycles. The van der Waals surface area contributed by atoms with Crippen LogP contribution < -0.4 is 5.73 Å². The van der Waals surface area contributed by atoms with E-state index in [9.17, 15) is 0 Å². The molecule has 106 valence electrons. The molecule has 2 atom stereocenters. The fraction of sp³-hybridized carbons (Fsp3) is 0.333. The Balaban J connectivity index is 2.05. The molecule has 0 aliphatic heterocycles. The molecule has 0 amide bonds. The summed E-state index contributed by atoms with van der Waals surface area (Å²) in [7, 11) is 0. The highest BCUT2D eigenvalue weighted by molar-refractivity contribution is 8.00. The lowest BCUT2D eigenvalue weighted by Crippen LogP contribution is -2.21. The van der Waals surface area contributed by atoms with Gasteiger partial charge in [0.25, 0.3) is 0 Å². The average molecular weight is 285 g/mol. The van der Waals surface area contributed by atoms with Gasteiger partial charge in [-0.3, -0.25) is 0 Å². The molecule has 0 bridgehead atoms. The van der Waals surface area contributed by atoms with E-state index in [1.165, 1.54) is 21.6 Å². The maximum atomic E-state index is 6.40. The Bertz CT molecular complexity index is 548. The summed E-state index contributed by atoms with van der Waals surface area (Å²) in [5.41, 5.74) is 10.3. The molecule has 0 spiro atoms. The van der Waals surface area contributed by atoms with Crippen molar-refractivity contribution in [3.63, 3.8) is 0 Å².